The monoisotopic (exact) mass is 482 g/mol. The highest BCUT2D eigenvalue weighted by Gasteiger charge is 2.52. The molecule has 2 heteroatoms. The van der Waals surface area contributed by atoms with Crippen LogP contribution in [0, 0.1) is 0 Å². The molecule has 2 aromatic heterocycles. The van der Waals surface area contributed by atoms with E-state index in [4.69, 9.17) is 4.98 Å². The predicted octanol–water partition coefficient (Wildman–Crippen LogP) is 8.52. The van der Waals surface area contributed by atoms with E-state index >= 15 is 0 Å². The number of pyridine rings is 1. The Morgan fingerprint density at radius 1 is 0.474 bits per heavy atom. The van der Waals surface area contributed by atoms with Crippen molar-refractivity contribution in [2.24, 2.45) is 0 Å². The van der Waals surface area contributed by atoms with Gasteiger partial charge in [-0.15, -0.1) is 0 Å². The number of benzene rings is 5. The van der Waals surface area contributed by atoms with Gasteiger partial charge in [0.25, 0.3) is 0 Å². The molecule has 0 saturated carbocycles. The van der Waals surface area contributed by atoms with Gasteiger partial charge in [0.05, 0.1) is 22.1 Å². The zero-order chi connectivity index (χ0) is 24.8. The molecule has 1 spiro atoms. The van der Waals surface area contributed by atoms with Crippen molar-refractivity contribution in [1.82, 2.24) is 9.55 Å². The molecule has 2 heterocycles. The van der Waals surface area contributed by atoms with Crippen LogP contribution < -0.4 is 0 Å². The van der Waals surface area contributed by atoms with Crippen LogP contribution in [0.5, 0.6) is 0 Å². The highest BCUT2D eigenvalue weighted by atomic mass is 15.0. The summed E-state index contributed by atoms with van der Waals surface area (Å²) in [5.41, 5.74) is 13.4. The van der Waals surface area contributed by atoms with Crippen LogP contribution in [0.25, 0.3) is 49.9 Å². The van der Waals surface area contributed by atoms with E-state index in [2.05, 4.69) is 132 Å². The normalized spacial score (nSPS) is 14.0. The number of aromatic nitrogens is 2. The van der Waals surface area contributed by atoms with E-state index in [0.717, 1.165) is 5.69 Å². The van der Waals surface area contributed by atoms with Crippen molar-refractivity contribution in [2.45, 2.75) is 5.41 Å². The van der Waals surface area contributed by atoms with Crippen molar-refractivity contribution in [2.75, 3.05) is 0 Å². The Balaban J connectivity index is 1.43. The molecule has 0 amide bonds. The number of hydrogen-bond acceptors (Lipinski definition) is 1. The zero-order valence-electron chi connectivity index (χ0n) is 20.6. The molecule has 9 rings (SSSR count). The van der Waals surface area contributed by atoms with E-state index < -0.39 is 0 Å². The third-order valence-electron chi connectivity index (χ3n) is 8.66. The third-order valence-corrected chi connectivity index (χ3v) is 8.66. The number of rotatable bonds is 1. The van der Waals surface area contributed by atoms with Crippen LogP contribution >= 0.6 is 0 Å². The van der Waals surface area contributed by atoms with Crippen molar-refractivity contribution in [3.05, 3.63) is 156 Å². The van der Waals surface area contributed by atoms with Gasteiger partial charge in [-0.1, -0.05) is 97.1 Å². The summed E-state index contributed by atoms with van der Waals surface area (Å²) < 4.78 is 2.42. The molecule has 176 valence electrons. The fourth-order valence-electron chi connectivity index (χ4n) is 7.27. The van der Waals surface area contributed by atoms with Gasteiger partial charge in [0.15, 0.2) is 0 Å². The lowest BCUT2D eigenvalue weighted by molar-refractivity contribution is 0.790. The molecule has 7 aromatic rings. The Bertz CT molecular complexity index is 1980. The number of hydrogen-bond donors (Lipinski definition) is 0. The molecule has 2 aliphatic carbocycles. The second-order valence-corrected chi connectivity index (χ2v) is 10.3. The van der Waals surface area contributed by atoms with Gasteiger partial charge in [0.2, 0.25) is 0 Å². The van der Waals surface area contributed by atoms with Crippen LogP contribution in [0.15, 0.2) is 134 Å². The standard InChI is InChI=1S/C36H22N2/c1-5-14-29-24(10-1)25-11-2-6-15-30(25)36(29)31-16-9-21-37-35(31)28-20-19-23(22-32(28)36)38-33-17-7-3-12-26(33)27-13-4-8-18-34(27)38/h1-22H. The molecule has 0 fully saturated rings. The van der Waals surface area contributed by atoms with Gasteiger partial charge in [-0.3, -0.25) is 4.98 Å². The Kier molecular flexibility index (Phi) is 3.76. The summed E-state index contributed by atoms with van der Waals surface area (Å²) in [7, 11) is 0. The van der Waals surface area contributed by atoms with Gasteiger partial charge in [0, 0.05) is 28.2 Å². The van der Waals surface area contributed by atoms with Crippen molar-refractivity contribution >= 4 is 21.8 Å². The van der Waals surface area contributed by atoms with E-state index in [1.54, 1.807) is 0 Å². The van der Waals surface area contributed by atoms with Crippen LogP contribution in [0.2, 0.25) is 0 Å². The first-order chi connectivity index (χ1) is 18.9. The minimum Gasteiger partial charge on any atom is -0.309 e. The summed E-state index contributed by atoms with van der Waals surface area (Å²) in [5.74, 6) is 0. The first-order valence-electron chi connectivity index (χ1n) is 13.2. The van der Waals surface area contributed by atoms with E-state index in [1.165, 1.54) is 66.4 Å². The average Bonchev–Trinajstić information content (AvgIpc) is 3.59. The van der Waals surface area contributed by atoms with Crippen molar-refractivity contribution < 1.29 is 0 Å². The Morgan fingerprint density at radius 2 is 1.05 bits per heavy atom. The fraction of sp³-hybridized carbons (Fsp3) is 0.0278. The number of nitrogens with zero attached hydrogens (tertiary/aromatic N) is 2. The van der Waals surface area contributed by atoms with Gasteiger partial charge in [-0.2, -0.15) is 0 Å². The summed E-state index contributed by atoms with van der Waals surface area (Å²) in [4.78, 5) is 4.95. The summed E-state index contributed by atoms with van der Waals surface area (Å²) in [5, 5.41) is 2.56. The van der Waals surface area contributed by atoms with E-state index in [9.17, 15) is 0 Å². The lowest BCUT2D eigenvalue weighted by atomic mass is 9.71. The van der Waals surface area contributed by atoms with Crippen molar-refractivity contribution in [3.8, 4) is 28.1 Å². The summed E-state index contributed by atoms with van der Waals surface area (Å²) >= 11 is 0. The molecule has 2 aliphatic rings. The maximum absolute atomic E-state index is 4.95. The van der Waals surface area contributed by atoms with Crippen LogP contribution in [0.3, 0.4) is 0 Å². The molecule has 0 aliphatic heterocycles. The zero-order valence-corrected chi connectivity index (χ0v) is 20.6. The molecule has 0 N–H and O–H groups in total. The van der Waals surface area contributed by atoms with Crippen LogP contribution in [-0.4, -0.2) is 9.55 Å². The first-order valence-corrected chi connectivity index (χ1v) is 13.2. The molecule has 5 aromatic carbocycles. The highest BCUT2D eigenvalue weighted by Crippen LogP contribution is 2.62. The summed E-state index contributed by atoms with van der Waals surface area (Å²) in [6.45, 7) is 0. The minimum absolute atomic E-state index is 0.388. The molecule has 2 nitrogen and oxygen atoms in total. The topological polar surface area (TPSA) is 17.8 Å². The molecule has 0 atom stereocenters. The van der Waals surface area contributed by atoms with Gasteiger partial charge in [0.1, 0.15) is 0 Å². The van der Waals surface area contributed by atoms with Crippen molar-refractivity contribution in [1.29, 1.82) is 0 Å². The van der Waals surface area contributed by atoms with Gasteiger partial charge >= 0.3 is 0 Å². The lowest BCUT2D eigenvalue weighted by Crippen LogP contribution is -2.26. The van der Waals surface area contributed by atoms with Crippen LogP contribution in [0.1, 0.15) is 22.3 Å². The highest BCUT2D eigenvalue weighted by molar-refractivity contribution is 6.09. The average molecular weight is 483 g/mol. The summed E-state index contributed by atoms with van der Waals surface area (Å²) in [6, 6.07) is 46.6. The number of para-hydroxylation sites is 2. The fourth-order valence-corrected chi connectivity index (χ4v) is 7.27. The Morgan fingerprint density at radius 3 is 1.74 bits per heavy atom. The largest absolute Gasteiger partial charge is 0.309 e. The summed E-state index contributed by atoms with van der Waals surface area (Å²) in [6.07, 6.45) is 1.93. The quantitative estimate of drug-likeness (QED) is 0.229. The molecular weight excluding hydrogens is 460 g/mol. The van der Waals surface area contributed by atoms with Gasteiger partial charge in [-0.05, 0) is 63.7 Å². The Labute approximate surface area is 220 Å². The van der Waals surface area contributed by atoms with Gasteiger partial charge < -0.3 is 4.57 Å². The molecule has 0 bridgehead atoms. The predicted molar refractivity (Wildman–Crippen MR) is 155 cm³/mol. The first kappa shape index (κ1) is 20.1. The smallest absolute Gasteiger partial charge is 0.0753 e. The molecule has 0 saturated heterocycles. The number of fused-ring (bicyclic) bond motifs is 13. The third kappa shape index (κ3) is 2.27. The Hall–Kier alpha value is -4.95. The van der Waals surface area contributed by atoms with Crippen LogP contribution in [-0.2, 0) is 5.41 Å². The SMILES string of the molecule is c1ccc2c(c1)-c1ccccc1C21c2cc(-n3c4ccccc4c4ccccc43)ccc2-c2ncccc21. The molecule has 0 unspecified atom stereocenters. The second kappa shape index (κ2) is 7.08. The van der Waals surface area contributed by atoms with E-state index in [-0.39, 0.29) is 5.41 Å². The second-order valence-electron chi connectivity index (χ2n) is 10.3. The lowest BCUT2D eigenvalue weighted by Gasteiger charge is -2.30. The maximum Gasteiger partial charge on any atom is 0.0753 e. The molecular formula is C36H22N2. The minimum atomic E-state index is -0.388. The van der Waals surface area contributed by atoms with E-state index in [0.29, 0.717) is 0 Å². The van der Waals surface area contributed by atoms with Gasteiger partial charge in [-0.25, -0.2) is 0 Å². The van der Waals surface area contributed by atoms with Crippen LogP contribution in [0.4, 0.5) is 0 Å². The van der Waals surface area contributed by atoms with E-state index in [1.807, 2.05) is 6.20 Å². The molecule has 0 radical (unpaired) electrons. The maximum atomic E-state index is 4.95. The van der Waals surface area contributed by atoms with Crippen molar-refractivity contribution in [3.63, 3.8) is 0 Å². The molecule has 38 heavy (non-hydrogen) atoms.